The first-order valence-corrected chi connectivity index (χ1v) is 9.01. The van der Waals surface area contributed by atoms with Crippen LogP contribution in [0.5, 0.6) is 0 Å². The molecule has 0 saturated carbocycles. The molecule has 0 spiro atoms. The molecule has 10 nitrogen and oxygen atoms in total. The van der Waals surface area contributed by atoms with E-state index < -0.39 is 0 Å². The van der Waals surface area contributed by atoms with Gasteiger partial charge in [-0.25, -0.2) is 10.1 Å². The van der Waals surface area contributed by atoms with E-state index in [1.54, 1.807) is 6.07 Å². The van der Waals surface area contributed by atoms with Crippen LogP contribution >= 0.6 is 24.8 Å². The molecule has 0 unspecified atom stereocenters. The van der Waals surface area contributed by atoms with Gasteiger partial charge in [-0.1, -0.05) is 19.9 Å². The first-order valence-electron chi connectivity index (χ1n) is 9.01. The number of piperidine rings is 1. The van der Waals surface area contributed by atoms with Crippen LogP contribution in [0.4, 0.5) is 17.3 Å². The third kappa shape index (κ3) is 5.70. The maximum absolute atomic E-state index is 11.5. The number of rotatable bonds is 6. The van der Waals surface area contributed by atoms with E-state index in [-0.39, 0.29) is 35.4 Å². The number of hydrazone groups is 1. The van der Waals surface area contributed by atoms with Crippen molar-refractivity contribution in [2.45, 2.75) is 33.1 Å². The lowest BCUT2D eigenvalue weighted by molar-refractivity contribution is -0.384. The summed E-state index contributed by atoms with van der Waals surface area (Å²) >= 11 is 0. The van der Waals surface area contributed by atoms with Crippen LogP contribution in [-0.4, -0.2) is 39.1 Å². The molecule has 0 atom stereocenters. The molecule has 0 amide bonds. The highest BCUT2D eigenvalue weighted by atomic mass is 35.5. The van der Waals surface area contributed by atoms with Crippen LogP contribution in [0.2, 0.25) is 0 Å². The van der Waals surface area contributed by atoms with Crippen molar-refractivity contribution in [3.63, 3.8) is 0 Å². The average molecular weight is 445 g/mol. The van der Waals surface area contributed by atoms with Crippen molar-refractivity contribution >= 4 is 48.4 Å². The summed E-state index contributed by atoms with van der Waals surface area (Å²) in [6.07, 6.45) is 4.24. The van der Waals surface area contributed by atoms with Crippen molar-refractivity contribution in [2.24, 2.45) is 11.0 Å². The van der Waals surface area contributed by atoms with Gasteiger partial charge in [-0.2, -0.15) is 5.10 Å². The number of benzene rings is 1. The zero-order valence-electron chi connectivity index (χ0n) is 16.3. The summed E-state index contributed by atoms with van der Waals surface area (Å²) in [5, 5.41) is 23.4. The van der Waals surface area contributed by atoms with E-state index in [4.69, 9.17) is 5.84 Å². The Morgan fingerprint density at radius 3 is 2.62 bits per heavy atom. The Morgan fingerprint density at radius 1 is 1.34 bits per heavy atom. The number of aryl methyl sites for hydroxylation is 1. The quantitative estimate of drug-likeness (QED) is 0.303. The van der Waals surface area contributed by atoms with E-state index in [2.05, 4.69) is 32.5 Å². The van der Waals surface area contributed by atoms with Crippen LogP contribution < -0.4 is 16.2 Å². The van der Waals surface area contributed by atoms with Gasteiger partial charge in [0, 0.05) is 31.1 Å². The first-order chi connectivity index (χ1) is 13.0. The van der Waals surface area contributed by atoms with Gasteiger partial charge < -0.3 is 10.7 Å². The van der Waals surface area contributed by atoms with Gasteiger partial charge in [-0.05, 0) is 24.8 Å². The molecule has 2 aromatic rings. The van der Waals surface area contributed by atoms with Crippen molar-refractivity contribution in [3.8, 4) is 0 Å². The highest BCUT2D eigenvalue weighted by Gasteiger charge is 2.23. The minimum Gasteiger partial charge on any atom is -0.366 e. The third-order valence-electron chi connectivity index (χ3n) is 4.78. The van der Waals surface area contributed by atoms with Gasteiger partial charge >= 0.3 is 0 Å². The highest BCUT2D eigenvalue weighted by molar-refractivity contribution is 5.85. The Morgan fingerprint density at radius 2 is 2.03 bits per heavy atom. The number of aromatic nitrogens is 3. The highest BCUT2D eigenvalue weighted by Crippen LogP contribution is 2.32. The maximum Gasteiger partial charge on any atom is 0.293 e. The number of nitro groups is 1. The van der Waals surface area contributed by atoms with Gasteiger partial charge in [0.25, 0.3) is 11.6 Å². The maximum atomic E-state index is 11.5. The van der Waals surface area contributed by atoms with Crippen molar-refractivity contribution in [3.05, 3.63) is 39.7 Å². The van der Waals surface area contributed by atoms with Crippen LogP contribution in [-0.2, 0) is 6.42 Å². The smallest absolute Gasteiger partial charge is 0.293 e. The molecule has 1 aromatic heterocycles. The minimum atomic E-state index is -0.345. The van der Waals surface area contributed by atoms with Gasteiger partial charge in [0.1, 0.15) is 5.69 Å². The number of anilines is 2. The van der Waals surface area contributed by atoms with Crippen LogP contribution in [0.25, 0.3) is 0 Å². The summed E-state index contributed by atoms with van der Waals surface area (Å²) < 4.78 is 1.32. The molecule has 160 valence electrons. The molecular weight excluding hydrogens is 419 g/mol. The van der Waals surface area contributed by atoms with Crippen LogP contribution in [0.15, 0.2) is 23.3 Å². The van der Waals surface area contributed by atoms with Gasteiger partial charge in [-0.3, -0.25) is 10.1 Å². The Hall–Kier alpha value is -2.59. The van der Waals surface area contributed by atoms with Crippen LogP contribution in [0.3, 0.4) is 0 Å². The number of nitrogens with two attached hydrogens (primary N) is 1. The zero-order valence-corrected chi connectivity index (χ0v) is 17.9. The van der Waals surface area contributed by atoms with Crippen molar-refractivity contribution in [1.29, 1.82) is 0 Å². The molecule has 1 aliphatic rings. The van der Waals surface area contributed by atoms with E-state index in [1.165, 1.54) is 17.0 Å². The molecular formula is C17H26Cl2N8O2. The molecule has 0 aliphatic carbocycles. The number of nitro benzene ring substituents is 1. The topological polar surface area (TPSA) is 128 Å². The number of nitrogen functional groups attached to an aromatic ring is 1. The Balaban J connectivity index is 0.00000210. The van der Waals surface area contributed by atoms with Gasteiger partial charge in [0.15, 0.2) is 5.82 Å². The zero-order chi connectivity index (χ0) is 19.4. The molecule has 29 heavy (non-hydrogen) atoms. The van der Waals surface area contributed by atoms with Crippen molar-refractivity contribution < 1.29 is 4.92 Å². The Labute approximate surface area is 181 Å². The number of hydrogen-bond acceptors (Lipinski definition) is 8. The molecule has 0 bridgehead atoms. The van der Waals surface area contributed by atoms with Gasteiger partial charge in [0.05, 0.1) is 11.1 Å². The fourth-order valence-electron chi connectivity index (χ4n) is 3.09. The summed E-state index contributed by atoms with van der Waals surface area (Å²) in [4.78, 5) is 13.3. The second-order valence-corrected chi connectivity index (χ2v) is 6.71. The minimum absolute atomic E-state index is 0. The number of halogens is 2. The fourth-order valence-corrected chi connectivity index (χ4v) is 3.09. The largest absolute Gasteiger partial charge is 0.366 e. The predicted molar refractivity (Wildman–Crippen MR) is 119 cm³/mol. The predicted octanol–water partition coefficient (Wildman–Crippen LogP) is 2.99. The molecule has 1 fully saturated rings. The van der Waals surface area contributed by atoms with Gasteiger partial charge in [0.2, 0.25) is 0 Å². The molecule has 1 saturated heterocycles. The summed E-state index contributed by atoms with van der Waals surface area (Å²) in [5.41, 5.74) is 4.06. The number of hydrogen-bond donors (Lipinski definition) is 2. The number of nitrogens with zero attached hydrogens (tertiary/aromatic N) is 6. The summed E-state index contributed by atoms with van der Waals surface area (Å²) in [7, 11) is 0. The van der Waals surface area contributed by atoms with Crippen LogP contribution in [0, 0.1) is 16.0 Å². The average Bonchev–Trinajstić information content (AvgIpc) is 3.02. The van der Waals surface area contributed by atoms with Crippen molar-refractivity contribution in [1.82, 2.24) is 14.9 Å². The molecule has 12 heteroatoms. The van der Waals surface area contributed by atoms with E-state index in [1.807, 2.05) is 13.0 Å². The Bertz CT molecular complexity index is 850. The lowest BCUT2D eigenvalue weighted by Crippen LogP contribution is -2.33. The molecule has 1 aliphatic heterocycles. The van der Waals surface area contributed by atoms with Crippen LogP contribution in [0.1, 0.15) is 38.1 Å². The first kappa shape index (κ1) is 24.4. The molecule has 1 aromatic carbocycles. The van der Waals surface area contributed by atoms with E-state index in [0.717, 1.165) is 25.9 Å². The summed E-state index contributed by atoms with van der Waals surface area (Å²) in [6, 6.07) is 5.13. The second kappa shape index (κ2) is 10.8. The molecule has 3 rings (SSSR count). The Kier molecular flexibility index (Phi) is 9.12. The summed E-state index contributed by atoms with van der Waals surface area (Å²) in [6.45, 7) is 5.81. The number of nitrogens with one attached hydrogen (secondary N) is 1. The van der Waals surface area contributed by atoms with E-state index in [0.29, 0.717) is 35.4 Å². The molecule has 2 heterocycles. The lowest BCUT2D eigenvalue weighted by atomic mass is 9.98. The second-order valence-electron chi connectivity index (χ2n) is 6.71. The monoisotopic (exact) mass is 444 g/mol. The SMILES string of the molecule is CCc1nnc(N/N=C/c2ccc(N3CCC(C)CC3)c([N+](=O)[O-])c2)n1N.Cl.Cl. The fraction of sp³-hybridized carbons (Fsp3) is 0.471. The standard InChI is InChI=1S/C17H24N8O2.2ClH/c1-3-16-20-22-17(24(16)18)21-19-11-13-4-5-14(15(10-13)25(26)27)23-8-6-12(2)7-9-23;;/h4-5,10-12H,3,6-9,18H2,1-2H3,(H,21,22);2*1H/b19-11+;;. The van der Waals surface area contributed by atoms with Crippen molar-refractivity contribution in [2.75, 3.05) is 29.3 Å². The lowest BCUT2D eigenvalue weighted by Gasteiger charge is -2.31. The van der Waals surface area contributed by atoms with E-state index in [9.17, 15) is 10.1 Å². The van der Waals surface area contributed by atoms with E-state index >= 15 is 0 Å². The van der Waals surface area contributed by atoms with Gasteiger partial charge in [-0.15, -0.1) is 35.0 Å². The molecule has 3 N–H and O–H groups in total. The molecule has 0 radical (unpaired) electrons. The third-order valence-corrected chi connectivity index (χ3v) is 4.78. The normalized spacial score (nSPS) is 14.3. The summed E-state index contributed by atoms with van der Waals surface area (Å²) in [5.74, 6) is 7.42.